The molecule has 8 heteroatoms. The first-order valence-electron chi connectivity index (χ1n) is 11.6. The van der Waals surface area contributed by atoms with E-state index in [1.165, 1.54) is 5.69 Å². The molecule has 0 aliphatic carbocycles. The Hall–Kier alpha value is -3.68. The molecule has 2 aliphatic rings. The predicted molar refractivity (Wildman–Crippen MR) is 126 cm³/mol. The van der Waals surface area contributed by atoms with Crippen LogP contribution in [0.1, 0.15) is 43.0 Å². The molecule has 6 rings (SSSR count). The molecule has 4 aromatic rings. The van der Waals surface area contributed by atoms with Gasteiger partial charge in [0, 0.05) is 60.2 Å². The van der Waals surface area contributed by atoms with Crippen LogP contribution in [0.4, 0.5) is 4.79 Å². The molecule has 1 saturated heterocycles. The normalized spacial score (nSPS) is 22.9. The summed E-state index contributed by atoms with van der Waals surface area (Å²) in [5.41, 5.74) is 5.30. The van der Waals surface area contributed by atoms with E-state index in [0.29, 0.717) is 6.54 Å². The number of aryl methyl sites for hydroxylation is 2. The number of urea groups is 1. The minimum Gasteiger partial charge on any atom is -0.338 e. The average Bonchev–Trinajstić information content (AvgIpc) is 3.53. The summed E-state index contributed by atoms with van der Waals surface area (Å²) >= 11 is 0. The molecular formula is C25H27N7O. The molecule has 1 spiro atoms. The summed E-state index contributed by atoms with van der Waals surface area (Å²) < 4.78 is 3.95. The van der Waals surface area contributed by atoms with Gasteiger partial charge in [-0.1, -0.05) is 18.2 Å². The minimum atomic E-state index is -0.115. The van der Waals surface area contributed by atoms with E-state index in [9.17, 15) is 4.79 Å². The van der Waals surface area contributed by atoms with Crippen LogP contribution < -0.4 is 10.6 Å². The van der Waals surface area contributed by atoms with E-state index in [2.05, 4.69) is 43.6 Å². The first-order valence-corrected chi connectivity index (χ1v) is 11.6. The van der Waals surface area contributed by atoms with Crippen molar-refractivity contribution in [3.8, 4) is 11.3 Å². The molecule has 2 aliphatic heterocycles. The molecule has 0 bridgehead atoms. The monoisotopic (exact) mass is 441 g/mol. The van der Waals surface area contributed by atoms with Crippen molar-refractivity contribution in [3.05, 3.63) is 66.2 Å². The first-order chi connectivity index (χ1) is 16.1. The third kappa shape index (κ3) is 3.55. The lowest BCUT2D eigenvalue weighted by atomic mass is 9.75. The van der Waals surface area contributed by atoms with Crippen molar-refractivity contribution in [1.29, 1.82) is 0 Å². The molecule has 168 valence electrons. The molecule has 33 heavy (non-hydrogen) atoms. The molecule has 0 saturated carbocycles. The van der Waals surface area contributed by atoms with Crippen LogP contribution in [0.15, 0.2) is 55.0 Å². The number of hydrogen-bond donors (Lipinski definition) is 2. The lowest BCUT2D eigenvalue weighted by Gasteiger charge is -2.29. The highest BCUT2D eigenvalue weighted by Gasteiger charge is 2.41. The molecule has 2 atom stereocenters. The molecule has 2 unspecified atom stereocenters. The van der Waals surface area contributed by atoms with Crippen LogP contribution in [0.2, 0.25) is 0 Å². The van der Waals surface area contributed by atoms with Crippen LogP contribution in [-0.2, 0) is 19.0 Å². The Bertz CT molecular complexity index is 1340. The molecule has 5 heterocycles. The van der Waals surface area contributed by atoms with Gasteiger partial charge in [-0.15, -0.1) is 0 Å². The zero-order chi connectivity index (χ0) is 22.4. The number of aromatic nitrogens is 5. The van der Waals surface area contributed by atoms with Gasteiger partial charge in [-0.2, -0.15) is 10.2 Å². The Balaban J connectivity index is 1.33. The van der Waals surface area contributed by atoms with Crippen LogP contribution in [0, 0.1) is 0 Å². The Morgan fingerprint density at radius 2 is 2.03 bits per heavy atom. The minimum absolute atomic E-state index is 0.00468. The van der Waals surface area contributed by atoms with Gasteiger partial charge in [0.25, 0.3) is 0 Å². The van der Waals surface area contributed by atoms with E-state index in [4.69, 9.17) is 5.10 Å². The maximum atomic E-state index is 12.5. The predicted octanol–water partition coefficient (Wildman–Crippen LogP) is 3.70. The van der Waals surface area contributed by atoms with Gasteiger partial charge in [0.1, 0.15) is 0 Å². The van der Waals surface area contributed by atoms with Crippen molar-refractivity contribution < 1.29 is 4.79 Å². The van der Waals surface area contributed by atoms with Crippen LogP contribution in [0.3, 0.4) is 0 Å². The smallest absolute Gasteiger partial charge is 0.315 e. The molecule has 1 fully saturated rings. The SMILES string of the molecule is Cn1cc(C2CCC3(CCNC(=O)N2)CCn2nc(-c4cnc5ccccc5c4)cc23)cn1. The van der Waals surface area contributed by atoms with Crippen molar-refractivity contribution in [2.75, 3.05) is 6.54 Å². The molecular weight excluding hydrogens is 414 g/mol. The summed E-state index contributed by atoms with van der Waals surface area (Å²) in [5, 5.41) is 16.6. The second kappa shape index (κ2) is 7.72. The van der Waals surface area contributed by atoms with Gasteiger partial charge in [-0.05, 0) is 43.9 Å². The topological polar surface area (TPSA) is 89.7 Å². The van der Waals surface area contributed by atoms with E-state index < -0.39 is 0 Å². The summed E-state index contributed by atoms with van der Waals surface area (Å²) in [4.78, 5) is 17.1. The molecule has 8 nitrogen and oxygen atoms in total. The van der Waals surface area contributed by atoms with Crippen molar-refractivity contribution in [2.24, 2.45) is 7.05 Å². The number of nitrogens with zero attached hydrogens (tertiary/aromatic N) is 5. The maximum Gasteiger partial charge on any atom is 0.315 e. The zero-order valence-electron chi connectivity index (χ0n) is 18.7. The van der Waals surface area contributed by atoms with Crippen LogP contribution in [0.5, 0.6) is 0 Å². The zero-order valence-corrected chi connectivity index (χ0v) is 18.7. The quantitative estimate of drug-likeness (QED) is 0.496. The summed E-state index contributed by atoms with van der Waals surface area (Å²) in [6.07, 6.45) is 9.53. The summed E-state index contributed by atoms with van der Waals surface area (Å²) in [7, 11) is 1.90. The van der Waals surface area contributed by atoms with Crippen LogP contribution in [0.25, 0.3) is 22.2 Å². The fourth-order valence-corrected chi connectivity index (χ4v) is 5.43. The van der Waals surface area contributed by atoms with Gasteiger partial charge < -0.3 is 10.6 Å². The van der Waals surface area contributed by atoms with Gasteiger partial charge in [-0.3, -0.25) is 14.3 Å². The number of amides is 2. The average molecular weight is 442 g/mol. The van der Waals surface area contributed by atoms with Gasteiger partial charge in [0.05, 0.1) is 23.4 Å². The van der Waals surface area contributed by atoms with Gasteiger partial charge in [0.15, 0.2) is 0 Å². The third-order valence-electron chi connectivity index (χ3n) is 7.24. The Morgan fingerprint density at radius 3 is 2.91 bits per heavy atom. The van der Waals surface area contributed by atoms with Gasteiger partial charge in [-0.25, -0.2) is 4.79 Å². The largest absolute Gasteiger partial charge is 0.338 e. The number of carbonyl (C=O) groups is 1. The number of carbonyl (C=O) groups excluding carboxylic acids is 1. The van der Waals surface area contributed by atoms with Gasteiger partial charge in [0.2, 0.25) is 0 Å². The van der Waals surface area contributed by atoms with E-state index in [0.717, 1.165) is 60.0 Å². The van der Waals surface area contributed by atoms with E-state index in [1.54, 1.807) is 4.68 Å². The van der Waals surface area contributed by atoms with Crippen LogP contribution >= 0.6 is 0 Å². The number of pyridine rings is 1. The summed E-state index contributed by atoms with van der Waals surface area (Å²) in [6.45, 7) is 1.54. The second-order valence-corrected chi connectivity index (χ2v) is 9.27. The number of benzene rings is 1. The van der Waals surface area contributed by atoms with E-state index >= 15 is 0 Å². The number of nitrogens with one attached hydrogen (secondary N) is 2. The lowest BCUT2D eigenvalue weighted by molar-refractivity contribution is 0.237. The highest BCUT2D eigenvalue weighted by molar-refractivity contribution is 5.82. The molecule has 0 radical (unpaired) electrons. The van der Waals surface area contributed by atoms with Crippen molar-refractivity contribution in [1.82, 2.24) is 35.2 Å². The number of fused-ring (bicyclic) bond motifs is 3. The molecule has 3 aromatic heterocycles. The van der Waals surface area contributed by atoms with E-state index in [1.807, 2.05) is 43.8 Å². The Morgan fingerprint density at radius 1 is 1.12 bits per heavy atom. The first kappa shape index (κ1) is 20.0. The number of para-hydroxylation sites is 1. The fourth-order valence-electron chi connectivity index (χ4n) is 5.43. The highest BCUT2D eigenvalue weighted by atomic mass is 16.2. The Kier molecular flexibility index (Phi) is 4.67. The highest BCUT2D eigenvalue weighted by Crippen LogP contribution is 2.44. The van der Waals surface area contributed by atoms with Crippen molar-refractivity contribution in [2.45, 2.75) is 43.7 Å². The van der Waals surface area contributed by atoms with E-state index in [-0.39, 0.29) is 17.5 Å². The molecule has 1 aromatic carbocycles. The molecule has 2 N–H and O–H groups in total. The third-order valence-corrected chi connectivity index (χ3v) is 7.24. The standard InChI is InChI=1S/C25H27N7O/c1-31-16-19(15-28-31)21-6-7-25(8-10-26-24(33)29-21)9-11-32-23(25)13-22(30-32)18-12-17-4-2-3-5-20(17)27-14-18/h2-5,12-16,21H,6-11H2,1H3,(H2,26,29,33). The van der Waals surface area contributed by atoms with Crippen molar-refractivity contribution in [3.63, 3.8) is 0 Å². The van der Waals surface area contributed by atoms with Crippen LogP contribution in [-0.4, -0.2) is 37.1 Å². The van der Waals surface area contributed by atoms with Gasteiger partial charge >= 0.3 is 6.03 Å². The fraction of sp³-hybridized carbons (Fsp3) is 0.360. The maximum absolute atomic E-state index is 12.5. The summed E-state index contributed by atoms with van der Waals surface area (Å²) in [6, 6.07) is 12.4. The number of hydrogen-bond acceptors (Lipinski definition) is 4. The van der Waals surface area contributed by atoms with Crippen molar-refractivity contribution >= 4 is 16.9 Å². The number of rotatable bonds is 2. The summed E-state index contributed by atoms with van der Waals surface area (Å²) in [5.74, 6) is 0. The lowest BCUT2D eigenvalue weighted by Crippen LogP contribution is -2.38. The molecule has 2 amide bonds. The second-order valence-electron chi connectivity index (χ2n) is 9.27. The Labute approximate surface area is 192 Å².